The van der Waals surface area contributed by atoms with Gasteiger partial charge in [-0.1, -0.05) is 36.4 Å². The van der Waals surface area contributed by atoms with Gasteiger partial charge in [0.1, 0.15) is 0 Å². The number of carbonyl (C=O) groups is 3. The summed E-state index contributed by atoms with van der Waals surface area (Å²) in [5, 5.41) is 10.7. The maximum Gasteiger partial charge on any atom is 0.367 e. The van der Waals surface area contributed by atoms with E-state index in [9.17, 15) is 19.5 Å². The predicted octanol–water partition coefficient (Wildman–Crippen LogP) is 1.99. The van der Waals surface area contributed by atoms with E-state index in [1.54, 1.807) is 48.5 Å². The molecular formula is C19H17NO5. The van der Waals surface area contributed by atoms with Gasteiger partial charge in [-0.15, -0.1) is 0 Å². The summed E-state index contributed by atoms with van der Waals surface area (Å²) in [5.41, 5.74) is -1.60. The van der Waals surface area contributed by atoms with Crippen molar-refractivity contribution >= 4 is 17.8 Å². The average molecular weight is 339 g/mol. The Bertz CT molecular complexity index is 790. The highest BCUT2D eigenvalue weighted by Gasteiger charge is 2.50. The zero-order valence-corrected chi connectivity index (χ0v) is 13.4. The second-order valence-electron chi connectivity index (χ2n) is 5.79. The molecule has 2 aromatic rings. The molecule has 0 saturated carbocycles. The minimum atomic E-state index is -2.14. The van der Waals surface area contributed by atoms with Gasteiger partial charge in [0.05, 0.1) is 5.56 Å². The van der Waals surface area contributed by atoms with Gasteiger partial charge in [-0.3, -0.25) is 4.79 Å². The van der Waals surface area contributed by atoms with Crippen LogP contribution in [0.3, 0.4) is 0 Å². The Morgan fingerprint density at radius 3 is 2.08 bits per heavy atom. The van der Waals surface area contributed by atoms with Crippen molar-refractivity contribution in [2.24, 2.45) is 0 Å². The first-order chi connectivity index (χ1) is 12.0. The number of amides is 1. The molecule has 25 heavy (non-hydrogen) atoms. The number of nitrogens with zero attached hydrogens (tertiary/aromatic N) is 1. The van der Waals surface area contributed by atoms with Crippen LogP contribution in [0.2, 0.25) is 0 Å². The molecule has 0 radical (unpaired) electrons. The Morgan fingerprint density at radius 2 is 1.48 bits per heavy atom. The smallest absolute Gasteiger partial charge is 0.367 e. The lowest BCUT2D eigenvalue weighted by Gasteiger charge is -2.30. The van der Waals surface area contributed by atoms with Crippen LogP contribution in [0.15, 0.2) is 60.7 Å². The van der Waals surface area contributed by atoms with Crippen LogP contribution >= 0.6 is 0 Å². The molecule has 0 spiro atoms. The Hall–Kier alpha value is -2.99. The van der Waals surface area contributed by atoms with Gasteiger partial charge in [0.25, 0.3) is 5.91 Å². The summed E-state index contributed by atoms with van der Waals surface area (Å²) in [6, 6.07) is 16.3. The van der Waals surface area contributed by atoms with Crippen molar-refractivity contribution < 1.29 is 24.2 Å². The Balaban J connectivity index is 1.78. The molecule has 1 heterocycles. The lowest BCUT2D eigenvalue weighted by atomic mass is 10.1. The third-order valence-electron chi connectivity index (χ3n) is 4.14. The van der Waals surface area contributed by atoms with E-state index in [1.165, 1.54) is 12.1 Å². The van der Waals surface area contributed by atoms with Gasteiger partial charge in [-0.25, -0.2) is 9.59 Å². The van der Waals surface area contributed by atoms with Gasteiger partial charge < -0.3 is 14.7 Å². The molecule has 1 atom stereocenters. The molecule has 0 aromatic heterocycles. The topological polar surface area (TPSA) is 83.9 Å². The Labute approximate surface area is 144 Å². The SMILES string of the molecule is O=C(OC(=O)[C@]1(O)CCCN1C(=O)c1ccccc1)c1ccccc1. The van der Waals surface area contributed by atoms with Crippen LogP contribution in [0.25, 0.3) is 0 Å². The molecule has 0 unspecified atom stereocenters. The first-order valence-corrected chi connectivity index (χ1v) is 7.93. The highest BCUT2D eigenvalue weighted by molar-refractivity contribution is 6.02. The van der Waals surface area contributed by atoms with E-state index < -0.39 is 23.6 Å². The molecule has 0 aliphatic carbocycles. The molecule has 1 aliphatic rings. The number of ether oxygens (including phenoxy) is 1. The average Bonchev–Trinajstić information content (AvgIpc) is 3.05. The van der Waals surface area contributed by atoms with Gasteiger partial charge in [0, 0.05) is 18.5 Å². The van der Waals surface area contributed by atoms with E-state index in [1.807, 2.05) is 0 Å². The van der Waals surface area contributed by atoms with Crippen LogP contribution in [0.1, 0.15) is 33.6 Å². The lowest BCUT2D eigenvalue weighted by molar-refractivity contribution is -0.172. The molecule has 2 aromatic carbocycles. The molecule has 1 fully saturated rings. The van der Waals surface area contributed by atoms with Gasteiger partial charge in [-0.05, 0) is 30.7 Å². The van der Waals surface area contributed by atoms with Crippen molar-refractivity contribution in [3.05, 3.63) is 71.8 Å². The van der Waals surface area contributed by atoms with Crippen LogP contribution in [-0.2, 0) is 9.53 Å². The summed E-state index contributed by atoms with van der Waals surface area (Å²) >= 11 is 0. The minimum absolute atomic E-state index is 0.0203. The van der Waals surface area contributed by atoms with E-state index >= 15 is 0 Å². The zero-order chi connectivity index (χ0) is 17.9. The standard InChI is InChI=1S/C19H17NO5/c21-16(14-8-3-1-4-9-14)20-13-7-12-19(20,24)18(23)25-17(22)15-10-5-2-6-11-15/h1-6,8-11,24H,7,12-13H2/t19-/m1/s1. The van der Waals surface area contributed by atoms with Gasteiger partial charge in [0.2, 0.25) is 5.72 Å². The maximum atomic E-state index is 12.6. The normalized spacial score (nSPS) is 19.5. The number of benzene rings is 2. The number of likely N-dealkylation sites (tertiary alicyclic amines) is 1. The van der Waals surface area contributed by atoms with Crippen LogP contribution in [0.4, 0.5) is 0 Å². The first-order valence-electron chi connectivity index (χ1n) is 7.93. The van der Waals surface area contributed by atoms with E-state index in [-0.39, 0.29) is 18.5 Å². The Morgan fingerprint density at radius 1 is 0.920 bits per heavy atom. The van der Waals surface area contributed by atoms with Crippen molar-refractivity contribution in [2.75, 3.05) is 6.54 Å². The lowest BCUT2D eigenvalue weighted by Crippen LogP contribution is -2.54. The van der Waals surface area contributed by atoms with Gasteiger partial charge in [-0.2, -0.15) is 0 Å². The molecule has 3 rings (SSSR count). The highest BCUT2D eigenvalue weighted by Crippen LogP contribution is 2.30. The number of hydrogen-bond acceptors (Lipinski definition) is 5. The largest absolute Gasteiger partial charge is 0.386 e. The van der Waals surface area contributed by atoms with E-state index in [0.29, 0.717) is 12.0 Å². The molecule has 1 aliphatic heterocycles. The number of rotatable bonds is 3. The van der Waals surface area contributed by atoms with Gasteiger partial charge in [0.15, 0.2) is 0 Å². The zero-order valence-electron chi connectivity index (χ0n) is 13.4. The summed E-state index contributed by atoms with van der Waals surface area (Å²) in [6.45, 7) is 0.207. The predicted molar refractivity (Wildman–Crippen MR) is 88.5 cm³/mol. The summed E-state index contributed by atoms with van der Waals surface area (Å²) in [4.78, 5) is 38.1. The quantitative estimate of drug-likeness (QED) is 0.683. The minimum Gasteiger partial charge on any atom is -0.386 e. The molecule has 1 amide bonds. The fraction of sp³-hybridized carbons (Fsp3) is 0.211. The van der Waals surface area contributed by atoms with Crippen molar-refractivity contribution in [2.45, 2.75) is 18.6 Å². The van der Waals surface area contributed by atoms with Crippen molar-refractivity contribution in [3.63, 3.8) is 0 Å². The molecule has 1 saturated heterocycles. The first kappa shape index (κ1) is 16.9. The molecular weight excluding hydrogens is 322 g/mol. The van der Waals surface area contributed by atoms with E-state index in [2.05, 4.69) is 0 Å². The highest BCUT2D eigenvalue weighted by atomic mass is 16.6. The second kappa shape index (κ2) is 6.86. The second-order valence-corrected chi connectivity index (χ2v) is 5.79. The molecule has 6 heteroatoms. The number of aliphatic hydroxyl groups is 1. The summed E-state index contributed by atoms with van der Waals surface area (Å²) in [7, 11) is 0. The molecule has 1 N–H and O–H groups in total. The summed E-state index contributed by atoms with van der Waals surface area (Å²) in [5.74, 6) is -2.48. The van der Waals surface area contributed by atoms with Gasteiger partial charge >= 0.3 is 11.9 Å². The van der Waals surface area contributed by atoms with Crippen molar-refractivity contribution in [1.82, 2.24) is 4.90 Å². The molecule has 0 bridgehead atoms. The summed E-state index contributed by atoms with van der Waals surface area (Å²) < 4.78 is 4.82. The Kier molecular flexibility index (Phi) is 4.63. The molecule has 128 valence electrons. The summed E-state index contributed by atoms with van der Waals surface area (Å²) in [6.07, 6.45) is 0.455. The van der Waals surface area contributed by atoms with Crippen LogP contribution < -0.4 is 0 Å². The third-order valence-corrected chi connectivity index (χ3v) is 4.14. The van der Waals surface area contributed by atoms with Crippen molar-refractivity contribution in [3.8, 4) is 0 Å². The van der Waals surface area contributed by atoms with Crippen LogP contribution in [0.5, 0.6) is 0 Å². The third kappa shape index (κ3) is 3.29. The number of carbonyl (C=O) groups excluding carboxylic acids is 3. The number of hydrogen-bond donors (Lipinski definition) is 1. The monoisotopic (exact) mass is 339 g/mol. The van der Waals surface area contributed by atoms with Crippen LogP contribution in [-0.4, -0.2) is 40.1 Å². The fourth-order valence-corrected chi connectivity index (χ4v) is 2.82. The fourth-order valence-electron chi connectivity index (χ4n) is 2.82. The van der Waals surface area contributed by atoms with E-state index in [0.717, 1.165) is 4.90 Å². The number of esters is 2. The maximum absolute atomic E-state index is 12.6. The van der Waals surface area contributed by atoms with E-state index in [4.69, 9.17) is 4.74 Å². The van der Waals surface area contributed by atoms with Crippen molar-refractivity contribution in [1.29, 1.82) is 0 Å². The molecule has 6 nitrogen and oxygen atoms in total. The van der Waals surface area contributed by atoms with Crippen LogP contribution in [0, 0.1) is 0 Å².